The molecule has 0 radical (unpaired) electrons. The van der Waals surface area contributed by atoms with Crippen molar-refractivity contribution in [1.82, 2.24) is 0 Å². The molecule has 0 aromatic carbocycles. The minimum atomic E-state index is -0.962. The largest absolute Gasteiger partial charge is 0.481 e. The van der Waals surface area contributed by atoms with E-state index in [4.69, 9.17) is 5.11 Å². The Morgan fingerprint density at radius 3 is 2.30 bits per heavy atom. The van der Waals surface area contributed by atoms with Gasteiger partial charge in [-0.3, -0.25) is 9.59 Å². The quantitative estimate of drug-likeness (QED) is 0.622. The van der Waals surface area contributed by atoms with Gasteiger partial charge in [0.15, 0.2) is 0 Å². The molecule has 0 amide bonds. The molecule has 10 heavy (non-hydrogen) atoms. The Morgan fingerprint density at radius 2 is 2.00 bits per heavy atom. The van der Waals surface area contributed by atoms with Crippen molar-refractivity contribution < 1.29 is 19.4 Å². The van der Waals surface area contributed by atoms with E-state index >= 15 is 0 Å². The summed E-state index contributed by atoms with van der Waals surface area (Å²) >= 11 is 0. The number of ether oxygens (including phenoxy) is 1. The molecule has 0 heterocycles. The zero-order chi connectivity index (χ0) is 7.28. The van der Waals surface area contributed by atoms with Crippen molar-refractivity contribution in [2.75, 3.05) is 6.61 Å². The van der Waals surface area contributed by atoms with Crippen LogP contribution >= 0.6 is 12.4 Å². The maximum atomic E-state index is 10.0. The summed E-state index contributed by atoms with van der Waals surface area (Å²) in [4.78, 5) is 19.8. The number of aliphatic carboxylic acids is 1. The molecule has 0 unspecified atom stereocenters. The van der Waals surface area contributed by atoms with Crippen molar-refractivity contribution in [2.24, 2.45) is 0 Å². The van der Waals surface area contributed by atoms with Crippen LogP contribution in [-0.2, 0) is 14.3 Å². The predicted octanol–water partition coefficient (Wildman–Crippen LogP) is 0.446. The van der Waals surface area contributed by atoms with Gasteiger partial charge in [0.1, 0.15) is 6.61 Å². The van der Waals surface area contributed by atoms with Crippen molar-refractivity contribution in [3.63, 3.8) is 0 Å². The summed E-state index contributed by atoms with van der Waals surface area (Å²) in [5.74, 6) is -1.41. The summed E-state index contributed by atoms with van der Waals surface area (Å²) in [7, 11) is 0. The van der Waals surface area contributed by atoms with E-state index in [-0.39, 0.29) is 25.4 Å². The number of hydrogen-bond acceptors (Lipinski definition) is 3. The highest BCUT2D eigenvalue weighted by molar-refractivity contribution is 5.85. The van der Waals surface area contributed by atoms with Gasteiger partial charge >= 0.3 is 11.9 Å². The second-order valence-electron chi connectivity index (χ2n) is 1.48. The molecule has 0 aliphatic carbocycles. The van der Waals surface area contributed by atoms with Crippen molar-refractivity contribution in [3.05, 3.63) is 0 Å². The topological polar surface area (TPSA) is 63.6 Å². The van der Waals surface area contributed by atoms with Gasteiger partial charge in [-0.25, -0.2) is 0 Å². The molecule has 0 aliphatic rings. The van der Waals surface area contributed by atoms with Gasteiger partial charge in [0.25, 0.3) is 0 Å². The highest BCUT2D eigenvalue weighted by atomic mass is 35.5. The third kappa shape index (κ3) is 10.3. The molecule has 0 rings (SSSR count). The smallest absolute Gasteiger partial charge is 0.306 e. The third-order valence-corrected chi connectivity index (χ3v) is 0.621. The van der Waals surface area contributed by atoms with Crippen LogP contribution in [0.2, 0.25) is 0 Å². The highest BCUT2D eigenvalue weighted by Gasteiger charge is 1.97. The van der Waals surface area contributed by atoms with Crippen molar-refractivity contribution >= 4 is 24.3 Å². The summed E-state index contributed by atoms with van der Waals surface area (Å²) in [5.41, 5.74) is 0. The Balaban J connectivity index is 0. The van der Waals surface area contributed by atoms with Gasteiger partial charge in [0.05, 0.1) is 6.42 Å². The van der Waals surface area contributed by atoms with Gasteiger partial charge in [-0.05, 0) is 0 Å². The molecule has 4 nitrogen and oxygen atoms in total. The Labute approximate surface area is 64.6 Å². The maximum absolute atomic E-state index is 10.0. The molecular weight excluding hydrogens is 160 g/mol. The van der Waals surface area contributed by atoms with Crippen LogP contribution in [0.25, 0.3) is 0 Å². The van der Waals surface area contributed by atoms with E-state index in [1.54, 1.807) is 0 Å². The van der Waals surface area contributed by atoms with Gasteiger partial charge in [-0.15, -0.1) is 12.4 Å². The van der Waals surface area contributed by atoms with Crippen molar-refractivity contribution in [1.29, 1.82) is 0 Å². The molecule has 60 valence electrons. The zero-order valence-electron chi connectivity index (χ0n) is 5.49. The minimum Gasteiger partial charge on any atom is -0.481 e. The summed E-state index contributed by atoms with van der Waals surface area (Å²) in [6.07, 6.45) is -0.125. The molecule has 0 aliphatic heterocycles. The lowest BCUT2D eigenvalue weighted by atomic mass is 10.5. The average molecular weight is 169 g/mol. The molecule has 0 aromatic heterocycles. The van der Waals surface area contributed by atoms with E-state index < -0.39 is 11.9 Å². The van der Waals surface area contributed by atoms with Crippen molar-refractivity contribution in [3.8, 4) is 0 Å². The van der Waals surface area contributed by atoms with Crippen LogP contribution in [-0.4, -0.2) is 23.7 Å². The highest BCUT2D eigenvalue weighted by Crippen LogP contribution is 1.81. The van der Waals surface area contributed by atoms with Gasteiger partial charge in [-0.2, -0.15) is 0 Å². The molecule has 0 bridgehead atoms. The molecular formula is C5H9ClO4. The number of esters is 1. The zero-order valence-corrected chi connectivity index (χ0v) is 6.31. The van der Waals surface area contributed by atoms with Crippen LogP contribution in [0.4, 0.5) is 0 Å². The molecule has 0 spiro atoms. The molecule has 5 heteroatoms. The number of rotatable bonds is 3. The summed E-state index contributed by atoms with van der Waals surface area (Å²) < 4.78 is 4.33. The second-order valence-corrected chi connectivity index (χ2v) is 1.48. The number of carbonyl (C=O) groups is 2. The van der Waals surface area contributed by atoms with Crippen LogP contribution in [0, 0.1) is 0 Å². The fraction of sp³-hybridized carbons (Fsp3) is 0.600. The Bertz CT molecular complexity index is 109. The summed E-state index contributed by atoms with van der Waals surface area (Å²) in [6, 6.07) is 0. The van der Waals surface area contributed by atoms with Gasteiger partial charge in [0.2, 0.25) is 0 Å². The van der Waals surface area contributed by atoms with E-state index in [1.807, 2.05) is 0 Å². The molecule has 1 N–H and O–H groups in total. The Kier molecular flexibility index (Phi) is 7.60. The van der Waals surface area contributed by atoms with Crippen LogP contribution in [0.5, 0.6) is 0 Å². The first-order valence-electron chi connectivity index (χ1n) is 2.48. The van der Waals surface area contributed by atoms with E-state index in [9.17, 15) is 9.59 Å². The number of carbonyl (C=O) groups excluding carboxylic acids is 1. The minimum absolute atomic E-state index is 0. The van der Waals surface area contributed by atoms with Crippen molar-refractivity contribution in [2.45, 2.75) is 13.3 Å². The number of hydrogen-bond donors (Lipinski definition) is 1. The number of carboxylic acids is 1. The van der Waals surface area contributed by atoms with E-state index in [0.717, 1.165) is 0 Å². The molecule has 0 saturated heterocycles. The first-order valence-corrected chi connectivity index (χ1v) is 2.48. The number of halogens is 1. The van der Waals surface area contributed by atoms with E-state index in [2.05, 4.69) is 4.74 Å². The summed E-state index contributed by atoms with van der Waals surface area (Å²) in [6.45, 7) is 1.20. The summed E-state index contributed by atoms with van der Waals surface area (Å²) in [5, 5.41) is 8.04. The molecule has 0 atom stereocenters. The van der Waals surface area contributed by atoms with Gasteiger partial charge < -0.3 is 9.84 Å². The van der Waals surface area contributed by atoms with Gasteiger partial charge in [-0.1, -0.05) is 0 Å². The van der Waals surface area contributed by atoms with E-state index in [1.165, 1.54) is 6.92 Å². The Morgan fingerprint density at radius 1 is 1.50 bits per heavy atom. The standard InChI is InChI=1S/C5H8O4.ClH/c1-4(6)9-3-2-5(7)8;/h2-3H2,1H3,(H,7,8);1H. The molecule has 0 saturated carbocycles. The van der Waals surface area contributed by atoms with Crippen LogP contribution in [0.3, 0.4) is 0 Å². The lowest BCUT2D eigenvalue weighted by Gasteiger charge is -1.95. The molecule has 0 aromatic rings. The lowest BCUT2D eigenvalue weighted by molar-refractivity contribution is -0.144. The van der Waals surface area contributed by atoms with E-state index in [0.29, 0.717) is 0 Å². The lowest BCUT2D eigenvalue weighted by Crippen LogP contribution is -2.05. The normalized spacial score (nSPS) is 7.70. The first-order chi connectivity index (χ1) is 4.13. The average Bonchev–Trinajstić information content (AvgIpc) is 1.63. The number of carboxylic acid groups (broad SMARTS) is 1. The Hall–Kier alpha value is -0.770. The fourth-order valence-electron chi connectivity index (χ4n) is 0.282. The third-order valence-electron chi connectivity index (χ3n) is 0.621. The van der Waals surface area contributed by atoms with Crippen LogP contribution < -0.4 is 0 Å². The molecule has 0 fully saturated rings. The maximum Gasteiger partial charge on any atom is 0.306 e. The first kappa shape index (κ1) is 12.0. The predicted molar refractivity (Wildman–Crippen MR) is 36.1 cm³/mol. The SMILES string of the molecule is CC(=O)OCCC(=O)O.Cl. The van der Waals surface area contributed by atoms with Crippen LogP contribution in [0.15, 0.2) is 0 Å². The van der Waals surface area contributed by atoms with Crippen LogP contribution in [0.1, 0.15) is 13.3 Å². The van der Waals surface area contributed by atoms with Gasteiger partial charge in [0, 0.05) is 6.92 Å². The fourth-order valence-corrected chi connectivity index (χ4v) is 0.282. The monoisotopic (exact) mass is 168 g/mol. The second kappa shape index (κ2) is 6.35.